The number of pyridine rings is 3. The van der Waals surface area contributed by atoms with Gasteiger partial charge in [-0.25, -0.2) is 14.5 Å². The number of aromatic nitrogens is 5. The van der Waals surface area contributed by atoms with E-state index < -0.39 is 14.2 Å². The second-order valence-electron chi connectivity index (χ2n) is 11.8. The van der Waals surface area contributed by atoms with Gasteiger partial charge in [-0.2, -0.15) is 5.10 Å². The standard InChI is InChI=1S/C30H39N7O3Si/c1-5-21-10-11-25(34-29(21)36-13-7-9-23(19-36)33-30(38)39)28-24-16-26(22-8-6-12-31-17-22)32-18-27(24)37(35-28)20-40-14-15-41(2,3)4/h6,8,10-12,16-18,23,33H,5,7,9,13-15,19-20H2,1-4H3,(H,38,39). The van der Waals surface area contributed by atoms with Crippen LogP contribution in [-0.4, -0.2) is 69.7 Å². The van der Waals surface area contributed by atoms with E-state index >= 15 is 0 Å². The number of aryl methyl sites for hydroxylation is 1. The Balaban J connectivity index is 1.54. The summed E-state index contributed by atoms with van der Waals surface area (Å²) < 4.78 is 7.95. The summed E-state index contributed by atoms with van der Waals surface area (Å²) in [5.41, 5.74) is 5.28. The number of anilines is 1. The van der Waals surface area contributed by atoms with Crippen molar-refractivity contribution in [3.63, 3.8) is 0 Å². The summed E-state index contributed by atoms with van der Waals surface area (Å²) in [6.07, 6.45) is 6.96. The third-order valence-corrected chi connectivity index (χ3v) is 9.14. The molecule has 1 aliphatic rings. The first-order valence-electron chi connectivity index (χ1n) is 14.3. The zero-order valence-electron chi connectivity index (χ0n) is 24.3. The quantitative estimate of drug-likeness (QED) is 0.184. The van der Waals surface area contributed by atoms with Crippen LogP contribution in [0.4, 0.5) is 10.6 Å². The third-order valence-electron chi connectivity index (χ3n) is 7.43. The molecule has 0 aliphatic carbocycles. The van der Waals surface area contributed by atoms with Crippen molar-refractivity contribution in [3.05, 3.63) is 54.5 Å². The Labute approximate surface area is 241 Å². The molecule has 0 saturated carbocycles. The van der Waals surface area contributed by atoms with E-state index in [0.717, 1.165) is 76.8 Å². The second-order valence-corrected chi connectivity index (χ2v) is 17.4. The van der Waals surface area contributed by atoms with Gasteiger partial charge in [-0.15, -0.1) is 0 Å². The van der Waals surface area contributed by atoms with Gasteiger partial charge in [-0.3, -0.25) is 9.97 Å². The summed E-state index contributed by atoms with van der Waals surface area (Å²) in [4.78, 5) is 27.6. The molecule has 4 aromatic rings. The van der Waals surface area contributed by atoms with E-state index in [1.54, 1.807) is 6.20 Å². The lowest BCUT2D eigenvalue weighted by Gasteiger charge is -2.34. The van der Waals surface area contributed by atoms with Crippen LogP contribution in [0.15, 0.2) is 48.9 Å². The van der Waals surface area contributed by atoms with E-state index in [9.17, 15) is 9.90 Å². The number of rotatable bonds is 10. The lowest BCUT2D eigenvalue weighted by atomic mass is 10.0. The van der Waals surface area contributed by atoms with Gasteiger partial charge in [0.15, 0.2) is 0 Å². The van der Waals surface area contributed by atoms with Gasteiger partial charge in [0.05, 0.1) is 23.1 Å². The summed E-state index contributed by atoms with van der Waals surface area (Å²) in [5, 5.41) is 17.9. The smallest absolute Gasteiger partial charge is 0.404 e. The molecule has 10 nitrogen and oxygen atoms in total. The normalized spacial score (nSPS) is 15.8. The predicted octanol–water partition coefficient (Wildman–Crippen LogP) is 5.67. The molecule has 5 rings (SSSR count). The maximum atomic E-state index is 11.3. The van der Waals surface area contributed by atoms with Gasteiger partial charge in [-0.1, -0.05) is 32.6 Å². The van der Waals surface area contributed by atoms with Crippen LogP contribution in [0.5, 0.6) is 0 Å². The molecule has 1 atom stereocenters. The maximum absolute atomic E-state index is 11.3. The van der Waals surface area contributed by atoms with Gasteiger partial charge in [0.2, 0.25) is 0 Å². The molecule has 0 bridgehead atoms. The van der Waals surface area contributed by atoms with Gasteiger partial charge in [-0.05, 0) is 55.1 Å². The van der Waals surface area contributed by atoms with Crippen molar-refractivity contribution in [2.75, 3.05) is 24.6 Å². The van der Waals surface area contributed by atoms with E-state index in [2.05, 4.69) is 53.9 Å². The molecule has 4 aromatic heterocycles. The summed E-state index contributed by atoms with van der Waals surface area (Å²) >= 11 is 0. The van der Waals surface area contributed by atoms with Crippen LogP contribution >= 0.6 is 0 Å². The molecule has 11 heteroatoms. The van der Waals surface area contributed by atoms with Crippen LogP contribution in [0.3, 0.4) is 0 Å². The second kappa shape index (κ2) is 12.4. The molecule has 1 aliphatic heterocycles. The fraction of sp³-hybridized carbons (Fsp3) is 0.433. The van der Waals surface area contributed by atoms with Crippen LogP contribution in [0.1, 0.15) is 25.3 Å². The van der Waals surface area contributed by atoms with Crippen molar-refractivity contribution in [2.45, 2.75) is 64.6 Å². The average molecular weight is 574 g/mol. The van der Waals surface area contributed by atoms with Crippen LogP contribution in [0, 0.1) is 0 Å². The average Bonchev–Trinajstić information content (AvgIpc) is 3.32. The number of carboxylic acid groups (broad SMARTS) is 1. The molecule has 216 valence electrons. The Hall–Kier alpha value is -3.83. The van der Waals surface area contributed by atoms with Gasteiger partial charge < -0.3 is 20.1 Å². The topological polar surface area (TPSA) is 118 Å². The molecule has 1 fully saturated rings. The first kappa shape index (κ1) is 28.7. The number of amides is 1. The Kier molecular flexibility index (Phi) is 8.64. The SMILES string of the molecule is CCc1ccc(-c2nn(COCC[Si](C)(C)C)c3cnc(-c4cccnc4)cc23)nc1N1CCCC(NC(=O)O)C1. The largest absolute Gasteiger partial charge is 0.465 e. The molecule has 2 N–H and O–H groups in total. The molecular formula is C30H39N7O3Si. The van der Waals surface area contributed by atoms with E-state index in [0.29, 0.717) is 19.9 Å². The molecule has 1 amide bonds. The maximum Gasteiger partial charge on any atom is 0.404 e. The van der Waals surface area contributed by atoms with Crippen molar-refractivity contribution in [1.82, 2.24) is 30.0 Å². The molecule has 1 unspecified atom stereocenters. The Morgan fingerprint density at radius 2 is 2.05 bits per heavy atom. The number of piperidine rings is 1. The minimum Gasteiger partial charge on any atom is -0.465 e. The fourth-order valence-electron chi connectivity index (χ4n) is 5.18. The Bertz CT molecular complexity index is 1500. The lowest BCUT2D eigenvalue weighted by molar-refractivity contribution is 0.0818. The van der Waals surface area contributed by atoms with Crippen LogP contribution in [0.2, 0.25) is 25.7 Å². The summed E-state index contributed by atoms with van der Waals surface area (Å²) in [7, 11) is -1.21. The van der Waals surface area contributed by atoms with Crippen LogP contribution < -0.4 is 10.2 Å². The van der Waals surface area contributed by atoms with Crippen molar-refractivity contribution < 1.29 is 14.6 Å². The Morgan fingerprint density at radius 3 is 2.78 bits per heavy atom. The summed E-state index contributed by atoms with van der Waals surface area (Å²) in [6.45, 7) is 11.6. The minimum absolute atomic E-state index is 0.127. The third kappa shape index (κ3) is 6.91. The highest BCUT2D eigenvalue weighted by Gasteiger charge is 2.25. The van der Waals surface area contributed by atoms with Crippen molar-refractivity contribution in [1.29, 1.82) is 0 Å². The monoisotopic (exact) mass is 573 g/mol. The number of fused-ring (bicyclic) bond motifs is 1. The molecular weight excluding hydrogens is 534 g/mol. The van der Waals surface area contributed by atoms with Crippen LogP contribution in [0.25, 0.3) is 33.5 Å². The minimum atomic E-state index is -1.21. The number of hydrogen-bond donors (Lipinski definition) is 2. The first-order valence-corrected chi connectivity index (χ1v) is 18.0. The number of ether oxygens (including phenoxy) is 1. The Morgan fingerprint density at radius 1 is 1.20 bits per heavy atom. The molecule has 5 heterocycles. The van der Waals surface area contributed by atoms with Gasteiger partial charge in [0.25, 0.3) is 0 Å². The number of nitrogens with one attached hydrogen (secondary N) is 1. The lowest BCUT2D eigenvalue weighted by Crippen LogP contribution is -2.48. The summed E-state index contributed by atoms with van der Waals surface area (Å²) in [5.74, 6) is 0.887. The van der Waals surface area contributed by atoms with Gasteiger partial charge in [0.1, 0.15) is 18.2 Å². The van der Waals surface area contributed by atoms with E-state index in [-0.39, 0.29) is 6.04 Å². The zero-order chi connectivity index (χ0) is 29.0. The molecule has 0 aromatic carbocycles. The number of nitrogens with zero attached hydrogens (tertiary/aromatic N) is 6. The number of carbonyl (C=O) groups is 1. The van der Waals surface area contributed by atoms with Crippen LogP contribution in [-0.2, 0) is 17.9 Å². The zero-order valence-corrected chi connectivity index (χ0v) is 25.3. The van der Waals surface area contributed by atoms with E-state index in [1.807, 2.05) is 35.3 Å². The van der Waals surface area contributed by atoms with Crippen molar-refractivity contribution >= 4 is 30.9 Å². The number of hydrogen-bond acceptors (Lipinski definition) is 7. The molecule has 1 saturated heterocycles. The van der Waals surface area contributed by atoms with E-state index in [4.69, 9.17) is 19.8 Å². The highest BCUT2D eigenvalue weighted by atomic mass is 28.3. The van der Waals surface area contributed by atoms with Gasteiger partial charge in [0, 0.05) is 57.2 Å². The molecule has 41 heavy (non-hydrogen) atoms. The van der Waals surface area contributed by atoms with Crippen molar-refractivity contribution in [2.24, 2.45) is 0 Å². The highest BCUT2D eigenvalue weighted by molar-refractivity contribution is 6.76. The molecule has 0 radical (unpaired) electrons. The predicted molar refractivity (Wildman–Crippen MR) is 164 cm³/mol. The molecule has 0 spiro atoms. The van der Waals surface area contributed by atoms with Gasteiger partial charge >= 0.3 is 6.09 Å². The van der Waals surface area contributed by atoms with E-state index in [1.165, 1.54) is 0 Å². The van der Waals surface area contributed by atoms with Crippen molar-refractivity contribution in [3.8, 4) is 22.6 Å². The first-order chi connectivity index (χ1) is 19.7. The summed E-state index contributed by atoms with van der Waals surface area (Å²) in [6, 6.07) is 11.1. The highest BCUT2D eigenvalue weighted by Crippen LogP contribution is 2.32. The fourth-order valence-corrected chi connectivity index (χ4v) is 5.94.